The Hall–Kier alpha value is -0.940. The maximum atomic E-state index is 5.27. The minimum atomic E-state index is 0.309. The minimum absolute atomic E-state index is 0.309. The van der Waals surface area contributed by atoms with Gasteiger partial charge in [-0.3, -0.25) is 4.90 Å². The molecule has 1 aliphatic rings. The van der Waals surface area contributed by atoms with Gasteiger partial charge in [-0.25, -0.2) is 0 Å². The molecule has 0 atom stereocenters. The van der Waals surface area contributed by atoms with E-state index in [1.165, 1.54) is 12.8 Å². The molecule has 5 nitrogen and oxygen atoms in total. The van der Waals surface area contributed by atoms with Gasteiger partial charge in [-0.05, 0) is 50.9 Å². The lowest BCUT2D eigenvalue weighted by Crippen LogP contribution is -2.37. The van der Waals surface area contributed by atoms with Crippen molar-refractivity contribution in [1.82, 2.24) is 20.4 Å². The number of piperidine rings is 1. The van der Waals surface area contributed by atoms with E-state index in [1.807, 2.05) is 0 Å². The summed E-state index contributed by atoms with van der Waals surface area (Å²) in [4.78, 5) is 6.90. The Bertz CT molecular complexity index is 408. The third kappa shape index (κ3) is 5.40. The van der Waals surface area contributed by atoms with Crippen LogP contribution in [0.3, 0.4) is 0 Å². The van der Waals surface area contributed by atoms with Gasteiger partial charge in [0.2, 0.25) is 5.89 Å². The SMILES string of the molecule is CC(C)CNCC1CCN(Cc2noc(C(C)C)n2)CC1. The van der Waals surface area contributed by atoms with E-state index in [4.69, 9.17) is 4.52 Å². The predicted octanol–water partition coefficient (Wildman–Crippen LogP) is 2.65. The Morgan fingerprint density at radius 2 is 1.95 bits per heavy atom. The summed E-state index contributed by atoms with van der Waals surface area (Å²) in [6.07, 6.45) is 2.53. The summed E-state index contributed by atoms with van der Waals surface area (Å²) < 4.78 is 5.27. The maximum Gasteiger partial charge on any atom is 0.229 e. The van der Waals surface area contributed by atoms with Gasteiger partial charge in [0.1, 0.15) is 0 Å². The normalized spacial score (nSPS) is 18.0. The molecule has 1 saturated heterocycles. The standard InChI is InChI=1S/C16H30N4O/c1-12(2)9-17-10-14-5-7-20(8-6-14)11-15-18-16(13(3)4)21-19-15/h12-14,17H,5-11H2,1-4H3. The fourth-order valence-corrected chi connectivity index (χ4v) is 2.69. The maximum absolute atomic E-state index is 5.27. The average molecular weight is 294 g/mol. The topological polar surface area (TPSA) is 54.2 Å². The van der Waals surface area contributed by atoms with Crippen molar-refractivity contribution in [2.75, 3.05) is 26.2 Å². The van der Waals surface area contributed by atoms with Crippen LogP contribution in [0.1, 0.15) is 58.2 Å². The third-order valence-electron chi connectivity index (χ3n) is 4.04. The molecular weight excluding hydrogens is 264 g/mol. The third-order valence-corrected chi connectivity index (χ3v) is 4.04. The van der Waals surface area contributed by atoms with Gasteiger partial charge in [0.05, 0.1) is 6.54 Å². The fraction of sp³-hybridized carbons (Fsp3) is 0.875. The Morgan fingerprint density at radius 1 is 1.24 bits per heavy atom. The summed E-state index contributed by atoms with van der Waals surface area (Å²) in [6.45, 7) is 14.0. The van der Waals surface area contributed by atoms with Gasteiger partial charge in [0.15, 0.2) is 5.82 Å². The van der Waals surface area contributed by atoms with Crippen LogP contribution < -0.4 is 5.32 Å². The molecule has 1 N–H and O–H groups in total. The second-order valence-corrected chi connectivity index (χ2v) is 6.98. The van der Waals surface area contributed by atoms with Gasteiger partial charge >= 0.3 is 0 Å². The van der Waals surface area contributed by atoms with E-state index in [0.717, 1.165) is 56.3 Å². The molecule has 2 heterocycles. The van der Waals surface area contributed by atoms with Crippen LogP contribution in [0.4, 0.5) is 0 Å². The molecule has 0 unspecified atom stereocenters. The quantitative estimate of drug-likeness (QED) is 0.838. The van der Waals surface area contributed by atoms with Gasteiger partial charge in [-0.1, -0.05) is 32.9 Å². The minimum Gasteiger partial charge on any atom is -0.339 e. The molecule has 2 rings (SSSR count). The summed E-state index contributed by atoms with van der Waals surface area (Å²) in [5, 5.41) is 7.66. The van der Waals surface area contributed by atoms with Crippen LogP contribution in [0, 0.1) is 11.8 Å². The Balaban J connectivity index is 1.68. The van der Waals surface area contributed by atoms with Crippen molar-refractivity contribution < 1.29 is 4.52 Å². The molecule has 0 bridgehead atoms. The first-order chi connectivity index (χ1) is 10.0. The van der Waals surface area contributed by atoms with Crippen LogP contribution in [-0.4, -0.2) is 41.2 Å². The van der Waals surface area contributed by atoms with E-state index in [9.17, 15) is 0 Å². The average Bonchev–Trinajstić information content (AvgIpc) is 2.89. The molecule has 0 spiro atoms. The second kappa shape index (κ2) is 7.90. The number of nitrogens with zero attached hydrogens (tertiary/aromatic N) is 3. The van der Waals surface area contributed by atoms with E-state index < -0.39 is 0 Å². The van der Waals surface area contributed by atoms with E-state index in [0.29, 0.717) is 5.92 Å². The molecule has 5 heteroatoms. The van der Waals surface area contributed by atoms with E-state index in [1.54, 1.807) is 0 Å². The van der Waals surface area contributed by atoms with Crippen molar-refractivity contribution in [3.63, 3.8) is 0 Å². The van der Waals surface area contributed by atoms with Crippen LogP contribution >= 0.6 is 0 Å². The molecule has 0 radical (unpaired) electrons. The lowest BCUT2D eigenvalue weighted by atomic mass is 9.96. The Labute approximate surface area is 128 Å². The van der Waals surface area contributed by atoms with Crippen molar-refractivity contribution in [2.24, 2.45) is 11.8 Å². The number of hydrogen-bond donors (Lipinski definition) is 1. The van der Waals surface area contributed by atoms with Crippen molar-refractivity contribution in [2.45, 2.75) is 53.0 Å². The summed E-state index contributed by atoms with van der Waals surface area (Å²) in [5.41, 5.74) is 0. The van der Waals surface area contributed by atoms with Crippen molar-refractivity contribution in [3.8, 4) is 0 Å². The van der Waals surface area contributed by atoms with Crippen LogP contribution in [0.25, 0.3) is 0 Å². The molecule has 21 heavy (non-hydrogen) atoms. The molecule has 120 valence electrons. The highest BCUT2D eigenvalue weighted by atomic mass is 16.5. The number of rotatable bonds is 7. The number of hydrogen-bond acceptors (Lipinski definition) is 5. The summed E-state index contributed by atoms with van der Waals surface area (Å²) in [5.74, 6) is 3.44. The highest BCUT2D eigenvalue weighted by Crippen LogP contribution is 2.18. The zero-order chi connectivity index (χ0) is 15.2. The van der Waals surface area contributed by atoms with Crippen molar-refractivity contribution in [1.29, 1.82) is 0 Å². The van der Waals surface area contributed by atoms with Gasteiger partial charge in [-0.2, -0.15) is 4.98 Å². The molecule has 0 aromatic carbocycles. The molecule has 0 saturated carbocycles. The molecule has 1 aromatic rings. The van der Waals surface area contributed by atoms with Gasteiger partial charge < -0.3 is 9.84 Å². The first-order valence-corrected chi connectivity index (χ1v) is 8.30. The van der Waals surface area contributed by atoms with Gasteiger partial charge in [-0.15, -0.1) is 0 Å². The van der Waals surface area contributed by atoms with Gasteiger partial charge in [0.25, 0.3) is 0 Å². The highest BCUT2D eigenvalue weighted by Gasteiger charge is 2.20. The van der Waals surface area contributed by atoms with E-state index >= 15 is 0 Å². The highest BCUT2D eigenvalue weighted by molar-refractivity contribution is 4.91. The smallest absolute Gasteiger partial charge is 0.229 e. The molecule has 0 amide bonds. The first kappa shape index (κ1) is 16.4. The molecule has 1 fully saturated rings. The molecule has 1 aromatic heterocycles. The zero-order valence-corrected chi connectivity index (χ0v) is 13.9. The lowest BCUT2D eigenvalue weighted by molar-refractivity contribution is 0.170. The number of likely N-dealkylation sites (tertiary alicyclic amines) is 1. The summed E-state index contributed by atoms with van der Waals surface area (Å²) in [6, 6.07) is 0. The van der Waals surface area contributed by atoms with Crippen LogP contribution in [0.2, 0.25) is 0 Å². The second-order valence-electron chi connectivity index (χ2n) is 6.98. The van der Waals surface area contributed by atoms with Crippen molar-refractivity contribution >= 4 is 0 Å². The zero-order valence-electron chi connectivity index (χ0n) is 13.9. The predicted molar refractivity (Wildman–Crippen MR) is 84.1 cm³/mol. The summed E-state index contributed by atoms with van der Waals surface area (Å²) >= 11 is 0. The van der Waals surface area contributed by atoms with Gasteiger partial charge in [0, 0.05) is 5.92 Å². The number of aromatic nitrogens is 2. The van der Waals surface area contributed by atoms with Crippen LogP contribution in [0.15, 0.2) is 4.52 Å². The largest absolute Gasteiger partial charge is 0.339 e. The monoisotopic (exact) mass is 294 g/mol. The molecule has 0 aliphatic carbocycles. The van der Waals surface area contributed by atoms with Crippen LogP contribution in [-0.2, 0) is 6.54 Å². The summed E-state index contributed by atoms with van der Waals surface area (Å²) in [7, 11) is 0. The first-order valence-electron chi connectivity index (χ1n) is 8.30. The van der Waals surface area contributed by atoms with E-state index in [2.05, 4.69) is 48.1 Å². The molecule has 1 aliphatic heterocycles. The fourth-order valence-electron chi connectivity index (χ4n) is 2.69. The Morgan fingerprint density at radius 3 is 2.52 bits per heavy atom. The number of nitrogens with one attached hydrogen (secondary N) is 1. The Kier molecular flexibility index (Phi) is 6.18. The van der Waals surface area contributed by atoms with Crippen LogP contribution in [0.5, 0.6) is 0 Å². The lowest BCUT2D eigenvalue weighted by Gasteiger charge is -2.31. The van der Waals surface area contributed by atoms with E-state index in [-0.39, 0.29) is 0 Å². The van der Waals surface area contributed by atoms with Crippen molar-refractivity contribution in [3.05, 3.63) is 11.7 Å². The molecular formula is C16H30N4O.